The number of hydrogen-bond acceptors (Lipinski definition) is 4. The number of benzene rings is 2. The first-order valence-corrected chi connectivity index (χ1v) is 8.32. The highest BCUT2D eigenvalue weighted by molar-refractivity contribution is 6.04. The quantitative estimate of drug-likeness (QED) is 0.721. The topological polar surface area (TPSA) is 60.5 Å². The summed E-state index contributed by atoms with van der Waals surface area (Å²) in [5, 5.41) is 3.57. The Morgan fingerprint density at radius 2 is 1.96 bits per heavy atom. The maximum absolute atomic E-state index is 13.7. The smallest absolute Gasteiger partial charge is 0.265 e. The maximum Gasteiger partial charge on any atom is 0.265 e. The fourth-order valence-corrected chi connectivity index (χ4v) is 2.55. The summed E-state index contributed by atoms with van der Waals surface area (Å²) in [6, 6.07) is 13.1. The number of anilines is 1. The Hall–Kier alpha value is -3.15. The second-order valence-electron chi connectivity index (χ2n) is 5.62. The van der Waals surface area contributed by atoms with Gasteiger partial charge in [-0.3, -0.25) is 9.78 Å². The number of nitrogens with one attached hydrogen (secondary N) is 1. The molecule has 1 heterocycles. The molecule has 1 aromatic heterocycles. The molecule has 0 aliphatic heterocycles. The average Bonchev–Trinajstić information content (AvgIpc) is 2.65. The number of hydrogen-bond donors (Lipinski definition) is 1. The van der Waals surface area contributed by atoms with Crippen LogP contribution in [0.1, 0.15) is 13.8 Å². The molecule has 3 rings (SSSR count). The molecule has 0 bridgehead atoms. The van der Waals surface area contributed by atoms with Gasteiger partial charge in [0.15, 0.2) is 17.7 Å². The molecule has 6 heteroatoms. The van der Waals surface area contributed by atoms with Gasteiger partial charge in [0.1, 0.15) is 11.3 Å². The van der Waals surface area contributed by atoms with E-state index in [1.54, 1.807) is 43.5 Å². The van der Waals surface area contributed by atoms with E-state index in [4.69, 9.17) is 9.47 Å². The van der Waals surface area contributed by atoms with Gasteiger partial charge in [-0.05, 0) is 50.2 Å². The van der Waals surface area contributed by atoms with Crippen molar-refractivity contribution in [3.05, 3.63) is 60.5 Å². The summed E-state index contributed by atoms with van der Waals surface area (Å²) in [6.07, 6.45) is 0.797. The first kappa shape index (κ1) is 17.7. The van der Waals surface area contributed by atoms with Crippen molar-refractivity contribution in [2.24, 2.45) is 0 Å². The minimum atomic E-state index is -0.870. The Kier molecular flexibility index (Phi) is 5.31. The maximum atomic E-state index is 13.7. The molecule has 3 aromatic rings. The standard InChI is InChI=1S/C20H19FN2O3/c1-3-25-18-11-10-16(14-7-6-12-22-19(14)18)23-20(24)13(2)26-17-9-5-4-8-15(17)21/h4-13H,3H2,1-2H3,(H,23,24)/t13-/m1/s1. The van der Waals surface area contributed by atoms with Gasteiger partial charge in [0.2, 0.25) is 0 Å². The molecule has 134 valence electrons. The van der Waals surface area contributed by atoms with E-state index in [-0.39, 0.29) is 11.7 Å². The lowest BCUT2D eigenvalue weighted by molar-refractivity contribution is -0.122. The van der Waals surface area contributed by atoms with E-state index in [1.807, 2.05) is 13.0 Å². The van der Waals surface area contributed by atoms with Crippen molar-refractivity contribution in [1.82, 2.24) is 4.98 Å². The van der Waals surface area contributed by atoms with E-state index < -0.39 is 11.9 Å². The van der Waals surface area contributed by atoms with Crippen molar-refractivity contribution in [3.8, 4) is 11.5 Å². The van der Waals surface area contributed by atoms with Crippen LogP contribution in [0, 0.1) is 5.82 Å². The number of rotatable bonds is 6. The molecule has 0 aliphatic rings. The summed E-state index contributed by atoms with van der Waals surface area (Å²) in [4.78, 5) is 16.8. The molecule has 0 radical (unpaired) electrons. The molecular weight excluding hydrogens is 335 g/mol. The molecule has 0 saturated carbocycles. The van der Waals surface area contributed by atoms with Gasteiger partial charge in [-0.2, -0.15) is 0 Å². The Bertz CT molecular complexity index is 930. The van der Waals surface area contributed by atoms with Gasteiger partial charge >= 0.3 is 0 Å². The first-order chi connectivity index (χ1) is 12.6. The molecule has 1 N–H and O–H groups in total. The molecule has 0 spiro atoms. The molecule has 0 aliphatic carbocycles. The Morgan fingerprint density at radius 3 is 2.73 bits per heavy atom. The minimum absolute atomic E-state index is 0.0355. The fourth-order valence-electron chi connectivity index (χ4n) is 2.55. The summed E-state index contributed by atoms with van der Waals surface area (Å²) in [5.74, 6) is -0.212. The van der Waals surface area contributed by atoms with Crippen molar-refractivity contribution < 1.29 is 18.7 Å². The van der Waals surface area contributed by atoms with Crippen molar-refractivity contribution in [1.29, 1.82) is 0 Å². The van der Waals surface area contributed by atoms with Crippen molar-refractivity contribution in [3.63, 3.8) is 0 Å². The number of amides is 1. The zero-order valence-corrected chi connectivity index (χ0v) is 14.5. The second kappa shape index (κ2) is 7.82. The molecular formula is C20H19FN2O3. The van der Waals surface area contributed by atoms with Crippen LogP contribution in [-0.2, 0) is 4.79 Å². The van der Waals surface area contributed by atoms with E-state index in [2.05, 4.69) is 10.3 Å². The molecule has 0 unspecified atom stereocenters. The normalized spacial score (nSPS) is 11.8. The summed E-state index contributed by atoms with van der Waals surface area (Å²) < 4.78 is 24.7. The number of para-hydroxylation sites is 1. The predicted molar refractivity (Wildman–Crippen MR) is 98.0 cm³/mol. The van der Waals surface area contributed by atoms with E-state index in [0.29, 0.717) is 23.6 Å². The van der Waals surface area contributed by atoms with Gasteiger partial charge in [0.25, 0.3) is 5.91 Å². The third-order valence-electron chi connectivity index (χ3n) is 3.80. The van der Waals surface area contributed by atoms with Crippen LogP contribution in [0.5, 0.6) is 11.5 Å². The number of halogens is 1. The fraction of sp³-hybridized carbons (Fsp3) is 0.200. The second-order valence-corrected chi connectivity index (χ2v) is 5.62. The van der Waals surface area contributed by atoms with Crippen LogP contribution < -0.4 is 14.8 Å². The zero-order valence-electron chi connectivity index (χ0n) is 14.5. The lowest BCUT2D eigenvalue weighted by Crippen LogP contribution is -2.30. The van der Waals surface area contributed by atoms with E-state index in [1.165, 1.54) is 12.1 Å². The number of aromatic nitrogens is 1. The molecule has 5 nitrogen and oxygen atoms in total. The highest BCUT2D eigenvalue weighted by atomic mass is 19.1. The van der Waals surface area contributed by atoms with Crippen molar-refractivity contribution in [2.75, 3.05) is 11.9 Å². The molecule has 1 amide bonds. The lowest BCUT2D eigenvalue weighted by atomic mass is 10.1. The van der Waals surface area contributed by atoms with Gasteiger partial charge in [0, 0.05) is 11.6 Å². The van der Waals surface area contributed by atoms with E-state index >= 15 is 0 Å². The number of ether oxygens (including phenoxy) is 2. The molecule has 2 aromatic carbocycles. The van der Waals surface area contributed by atoms with Crippen LogP contribution in [0.15, 0.2) is 54.7 Å². The number of fused-ring (bicyclic) bond motifs is 1. The van der Waals surface area contributed by atoms with Gasteiger partial charge in [-0.1, -0.05) is 12.1 Å². The number of nitrogens with zero attached hydrogens (tertiary/aromatic N) is 1. The van der Waals surface area contributed by atoms with E-state index in [0.717, 1.165) is 5.39 Å². The third-order valence-corrected chi connectivity index (χ3v) is 3.80. The van der Waals surface area contributed by atoms with Crippen LogP contribution in [0.25, 0.3) is 10.9 Å². The minimum Gasteiger partial charge on any atom is -0.492 e. The lowest BCUT2D eigenvalue weighted by Gasteiger charge is -2.16. The monoisotopic (exact) mass is 354 g/mol. The summed E-state index contributed by atoms with van der Waals surface area (Å²) in [6.45, 7) is 3.98. The van der Waals surface area contributed by atoms with E-state index in [9.17, 15) is 9.18 Å². The molecule has 0 fully saturated rings. The van der Waals surface area contributed by atoms with Crippen LogP contribution >= 0.6 is 0 Å². The van der Waals surface area contributed by atoms with Crippen molar-refractivity contribution >= 4 is 22.5 Å². The zero-order chi connectivity index (χ0) is 18.5. The Morgan fingerprint density at radius 1 is 1.15 bits per heavy atom. The molecule has 1 atom stereocenters. The predicted octanol–water partition coefficient (Wildman–Crippen LogP) is 4.18. The highest BCUT2D eigenvalue weighted by Gasteiger charge is 2.18. The first-order valence-electron chi connectivity index (χ1n) is 8.32. The Labute approximate surface area is 150 Å². The van der Waals surface area contributed by atoms with Gasteiger partial charge < -0.3 is 14.8 Å². The number of pyridine rings is 1. The Balaban J connectivity index is 1.81. The number of carbonyl (C=O) groups excluding carboxylic acids is 1. The van der Waals surface area contributed by atoms with Gasteiger partial charge in [-0.15, -0.1) is 0 Å². The number of carbonyl (C=O) groups is 1. The van der Waals surface area contributed by atoms with Crippen LogP contribution in [-0.4, -0.2) is 23.6 Å². The van der Waals surface area contributed by atoms with Crippen LogP contribution in [0.2, 0.25) is 0 Å². The highest BCUT2D eigenvalue weighted by Crippen LogP contribution is 2.30. The van der Waals surface area contributed by atoms with Crippen molar-refractivity contribution in [2.45, 2.75) is 20.0 Å². The van der Waals surface area contributed by atoms with Crippen LogP contribution in [0.3, 0.4) is 0 Å². The molecule has 26 heavy (non-hydrogen) atoms. The van der Waals surface area contributed by atoms with Crippen LogP contribution in [0.4, 0.5) is 10.1 Å². The SMILES string of the molecule is CCOc1ccc(NC(=O)[C@@H](C)Oc2ccccc2F)c2cccnc12. The third kappa shape index (κ3) is 3.74. The largest absolute Gasteiger partial charge is 0.492 e. The van der Waals surface area contributed by atoms with Gasteiger partial charge in [-0.25, -0.2) is 4.39 Å². The summed E-state index contributed by atoms with van der Waals surface area (Å²) >= 11 is 0. The molecule has 0 saturated heterocycles. The average molecular weight is 354 g/mol. The summed E-state index contributed by atoms with van der Waals surface area (Å²) in [5.41, 5.74) is 1.25. The van der Waals surface area contributed by atoms with Gasteiger partial charge in [0.05, 0.1) is 12.3 Å². The summed E-state index contributed by atoms with van der Waals surface area (Å²) in [7, 11) is 0.